The lowest BCUT2D eigenvalue weighted by atomic mass is 10.2. The van der Waals surface area contributed by atoms with E-state index in [1.54, 1.807) is 29.3 Å². The van der Waals surface area contributed by atoms with Gasteiger partial charge in [-0.15, -0.1) is 0 Å². The molecule has 0 unspecified atom stereocenters. The Hall–Kier alpha value is -2.67. The predicted octanol–water partition coefficient (Wildman–Crippen LogP) is 3.50. The van der Waals surface area contributed by atoms with Gasteiger partial charge in [0.05, 0.1) is 17.3 Å². The zero-order chi connectivity index (χ0) is 17.5. The highest BCUT2D eigenvalue weighted by molar-refractivity contribution is 6.29. The van der Waals surface area contributed by atoms with E-state index in [4.69, 9.17) is 16.0 Å². The predicted molar refractivity (Wildman–Crippen MR) is 92.4 cm³/mol. The average molecular weight is 349 g/mol. The fourth-order valence-corrected chi connectivity index (χ4v) is 2.29. The number of amidine groups is 1. The molecular formula is C16H17ClN4O3. The summed E-state index contributed by atoms with van der Waals surface area (Å²) < 4.78 is 5.17. The van der Waals surface area contributed by atoms with Gasteiger partial charge in [0.25, 0.3) is 0 Å². The molecule has 8 heteroatoms. The van der Waals surface area contributed by atoms with Crippen LogP contribution < -0.4 is 0 Å². The number of aliphatic imine (C=N–C) groups is 1. The van der Waals surface area contributed by atoms with E-state index in [0.29, 0.717) is 24.0 Å². The number of halogens is 1. The van der Waals surface area contributed by atoms with Crippen molar-refractivity contribution in [1.82, 2.24) is 9.88 Å². The second kappa shape index (κ2) is 8.26. The summed E-state index contributed by atoms with van der Waals surface area (Å²) in [4.78, 5) is 21.0. The number of nitrogens with zero attached hydrogens (tertiary/aromatic N) is 4. The Morgan fingerprint density at radius 2 is 2.29 bits per heavy atom. The molecule has 0 bridgehead atoms. The fraction of sp³-hybridized carbons (Fsp3) is 0.250. The number of hydrogen-bond acceptors (Lipinski definition) is 5. The molecule has 2 aromatic heterocycles. The first kappa shape index (κ1) is 17.7. The number of rotatable bonds is 6. The number of pyridine rings is 1. The van der Waals surface area contributed by atoms with Gasteiger partial charge in [-0.25, -0.2) is 4.98 Å². The molecule has 2 aromatic rings. The first-order chi connectivity index (χ1) is 11.5. The third kappa shape index (κ3) is 4.42. The van der Waals surface area contributed by atoms with Gasteiger partial charge in [0, 0.05) is 26.3 Å². The van der Waals surface area contributed by atoms with Gasteiger partial charge in [-0.2, -0.15) is 0 Å². The number of likely N-dealkylation sites (N-methyl/N-ethyl adjacent to an activating group) is 1. The number of hydrogen-bond donors (Lipinski definition) is 0. The molecule has 0 fully saturated rings. The molecule has 0 N–H and O–H groups in total. The van der Waals surface area contributed by atoms with Crippen LogP contribution >= 0.6 is 11.6 Å². The highest BCUT2D eigenvalue weighted by Gasteiger charge is 2.25. The number of aromatic nitrogens is 1. The summed E-state index contributed by atoms with van der Waals surface area (Å²) in [7, 11) is 1.53. The SMILES string of the molecule is CCN(Cc1ccc(Cl)nc1)C(=N\C)/C(=C\c1ccco1)[N+](=O)[O-]. The van der Waals surface area contributed by atoms with Crippen LogP contribution in [0.3, 0.4) is 0 Å². The van der Waals surface area contributed by atoms with Crippen molar-refractivity contribution in [2.75, 3.05) is 13.6 Å². The third-order valence-electron chi connectivity index (χ3n) is 3.30. The molecule has 0 amide bonds. The first-order valence-corrected chi connectivity index (χ1v) is 7.65. The van der Waals surface area contributed by atoms with E-state index in [-0.39, 0.29) is 11.5 Å². The van der Waals surface area contributed by atoms with E-state index in [2.05, 4.69) is 9.98 Å². The number of nitro groups is 1. The van der Waals surface area contributed by atoms with Gasteiger partial charge in [0.15, 0.2) is 0 Å². The van der Waals surface area contributed by atoms with Gasteiger partial charge in [0.1, 0.15) is 10.9 Å². The summed E-state index contributed by atoms with van der Waals surface area (Å²) in [6, 6.07) is 6.83. The van der Waals surface area contributed by atoms with Crippen molar-refractivity contribution >= 4 is 23.5 Å². The van der Waals surface area contributed by atoms with E-state index in [1.165, 1.54) is 19.4 Å². The lowest BCUT2D eigenvalue weighted by molar-refractivity contribution is -0.414. The van der Waals surface area contributed by atoms with Crippen LogP contribution in [-0.4, -0.2) is 34.2 Å². The average Bonchev–Trinajstić information content (AvgIpc) is 3.08. The topological polar surface area (TPSA) is 84.8 Å². The second-order valence-corrected chi connectivity index (χ2v) is 5.24. The van der Waals surface area contributed by atoms with Gasteiger partial charge < -0.3 is 9.32 Å². The van der Waals surface area contributed by atoms with E-state index in [0.717, 1.165) is 5.56 Å². The maximum absolute atomic E-state index is 11.5. The van der Waals surface area contributed by atoms with Crippen LogP contribution in [0.4, 0.5) is 0 Å². The van der Waals surface area contributed by atoms with Crippen LogP contribution in [0.2, 0.25) is 5.15 Å². The maximum atomic E-state index is 11.5. The molecule has 24 heavy (non-hydrogen) atoms. The molecule has 0 aromatic carbocycles. The molecule has 0 aliphatic carbocycles. The largest absolute Gasteiger partial charge is 0.465 e. The third-order valence-corrected chi connectivity index (χ3v) is 3.53. The van der Waals surface area contributed by atoms with Crippen LogP contribution in [0.25, 0.3) is 6.08 Å². The molecule has 7 nitrogen and oxygen atoms in total. The Kier molecular flexibility index (Phi) is 6.08. The van der Waals surface area contributed by atoms with Crippen molar-refractivity contribution in [3.05, 3.63) is 69.0 Å². The minimum absolute atomic E-state index is 0.128. The zero-order valence-corrected chi connectivity index (χ0v) is 14.1. The van der Waals surface area contributed by atoms with Crippen LogP contribution in [0.1, 0.15) is 18.2 Å². The van der Waals surface area contributed by atoms with Gasteiger partial charge in [-0.05, 0) is 30.7 Å². The Bertz CT molecular complexity index is 739. The molecule has 0 aliphatic rings. The van der Waals surface area contributed by atoms with Crippen molar-refractivity contribution in [2.45, 2.75) is 13.5 Å². The van der Waals surface area contributed by atoms with Crippen LogP contribution in [0.15, 0.2) is 51.8 Å². The van der Waals surface area contributed by atoms with E-state index in [1.807, 2.05) is 13.0 Å². The van der Waals surface area contributed by atoms with Crippen molar-refractivity contribution in [3.8, 4) is 0 Å². The zero-order valence-electron chi connectivity index (χ0n) is 13.3. The van der Waals surface area contributed by atoms with E-state index < -0.39 is 4.92 Å². The molecule has 0 radical (unpaired) electrons. The number of furan rings is 1. The highest BCUT2D eigenvalue weighted by Crippen LogP contribution is 2.15. The molecule has 0 aliphatic heterocycles. The highest BCUT2D eigenvalue weighted by atomic mass is 35.5. The summed E-state index contributed by atoms with van der Waals surface area (Å²) in [5, 5.41) is 11.9. The summed E-state index contributed by atoms with van der Waals surface area (Å²) in [5.74, 6) is 0.668. The van der Waals surface area contributed by atoms with Crippen molar-refractivity contribution in [1.29, 1.82) is 0 Å². The lowest BCUT2D eigenvalue weighted by Gasteiger charge is -2.22. The molecule has 2 heterocycles. The molecule has 0 spiro atoms. The van der Waals surface area contributed by atoms with Crippen LogP contribution in [0, 0.1) is 10.1 Å². The van der Waals surface area contributed by atoms with Gasteiger partial charge in [-0.1, -0.05) is 17.7 Å². The minimum Gasteiger partial charge on any atom is -0.465 e. The fourth-order valence-electron chi connectivity index (χ4n) is 2.18. The monoisotopic (exact) mass is 348 g/mol. The summed E-state index contributed by atoms with van der Waals surface area (Å²) >= 11 is 5.79. The van der Waals surface area contributed by atoms with Crippen LogP contribution in [-0.2, 0) is 6.54 Å². The molecule has 0 saturated heterocycles. The molecule has 0 atom stereocenters. The van der Waals surface area contributed by atoms with Crippen molar-refractivity contribution < 1.29 is 9.34 Å². The van der Waals surface area contributed by atoms with E-state index in [9.17, 15) is 10.1 Å². The molecule has 126 valence electrons. The molecule has 0 saturated carbocycles. The Balaban J connectivity index is 2.31. The maximum Gasteiger partial charge on any atom is 0.314 e. The summed E-state index contributed by atoms with van der Waals surface area (Å²) in [6.45, 7) is 2.87. The lowest BCUT2D eigenvalue weighted by Crippen LogP contribution is -2.34. The first-order valence-electron chi connectivity index (χ1n) is 7.27. The quantitative estimate of drug-likeness (QED) is 0.262. The standard InChI is InChI=1S/C16H17ClN4O3/c1-3-20(11-12-6-7-15(17)19-10-12)16(18-2)14(21(22)23)9-13-5-4-8-24-13/h4-10H,3,11H2,1-2H3/b14-9+,18-16-. The smallest absolute Gasteiger partial charge is 0.314 e. The Labute approximate surface area is 144 Å². The van der Waals surface area contributed by atoms with Gasteiger partial charge in [0.2, 0.25) is 5.84 Å². The normalized spacial score (nSPS) is 12.3. The minimum atomic E-state index is -0.465. The Morgan fingerprint density at radius 3 is 2.79 bits per heavy atom. The summed E-state index contributed by atoms with van der Waals surface area (Å²) in [6.07, 6.45) is 4.47. The van der Waals surface area contributed by atoms with Crippen molar-refractivity contribution in [3.63, 3.8) is 0 Å². The second-order valence-electron chi connectivity index (χ2n) is 4.85. The summed E-state index contributed by atoms with van der Waals surface area (Å²) in [5.41, 5.74) is 0.749. The Morgan fingerprint density at radius 1 is 1.50 bits per heavy atom. The van der Waals surface area contributed by atoms with E-state index >= 15 is 0 Å². The van der Waals surface area contributed by atoms with Gasteiger partial charge >= 0.3 is 5.70 Å². The van der Waals surface area contributed by atoms with Crippen molar-refractivity contribution in [2.24, 2.45) is 4.99 Å². The molecule has 2 rings (SSSR count). The van der Waals surface area contributed by atoms with Gasteiger partial charge in [-0.3, -0.25) is 15.1 Å². The molecular weight excluding hydrogens is 332 g/mol. The van der Waals surface area contributed by atoms with Crippen LogP contribution in [0.5, 0.6) is 0 Å².